The van der Waals surface area contributed by atoms with Crippen molar-refractivity contribution in [3.63, 3.8) is 0 Å². The van der Waals surface area contributed by atoms with E-state index in [-0.39, 0.29) is 11.8 Å². The Kier molecular flexibility index (Phi) is 8.18. The lowest BCUT2D eigenvalue weighted by Gasteiger charge is -2.07. The summed E-state index contributed by atoms with van der Waals surface area (Å²) in [5.74, 6) is 0.558. The van der Waals surface area contributed by atoms with Crippen LogP contribution in [0.1, 0.15) is 38.6 Å². The Balaban J connectivity index is 1.34. The number of carbonyl (C=O) groups is 2. The summed E-state index contributed by atoms with van der Waals surface area (Å²) in [6.45, 7) is 5.36. The van der Waals surface area contributed by atoms with E-state index < -0.39 is 0 Å². The van der Waals surface area contributed by atoms with Crippen LogP contribution in [0.5, 0.6) is 5.75 Å². The summed E-state index contributed by atoms with van der Waals surface area (Å²) in [5, 5.41) is 8.19. The molecule has 0 saturated carbocycles. The van der Waals surface area contributed by atoms with Gasteiger partial charge in [-0.1, -0.05) is 36.4 Å². The first-order valence-electron chi connectivity index (χ1n) is 10.2. The van der Waals surface area contributed by atoms with Crippen LogP contribution in [0.2, 0.25) is 0 Å². The highest BCUT2D eigenvalue weighted by atomic mass is 32.1. The molecule has 0 radical (unpaired) electrons. The van der Waals surface area contributed by atoms with Gasteiger partial charge in [-0.25, -0.2) is 4.98 Å². The largest absolute Gasteiger partial charge is 0.486 e. The number of ether oxygens (including phenoxy) is 1. The monoisotopic (exact) mass is 437 g/mol. The third-order valence-electron chi connectivity index (χ3n) is 4.51. The fourth-order valence-electron chi connectivity index (χ4n) is 3.10. The Morgan fingerprint density at radius 3 is 2.45 bits per heavy atom. The highest BCUT2D eigenvalue weighted by Crippen LogP contribution is 2.19. The van der Waals surface area contributed by atoms with E-state index in [4.69, 9.17) is 4.74 Å². The summed E-state index contributed by atoms with van der Waals surface area (Å²) in [6.07, 6.45) is 1.01. The number of nitrogens with zero attached hydrogens (tertiary/aromatic N) is 1. The molecule has 0 aliphatic carbocycles. The third kappa shape index (κ3) is 7.53. The van der Waals surface area contributed by atoms with Gasteiger partial charge < -0.3 is 15.4 Å². The first-order chi connectivity index (χ1) is 15.0. The zero-order valence-corrected chi connectivity index (χ0v) is 18.6. The van der Waals surface area contributed by atoms with Crippen LogP contribution >= 0.6 is 11.3 Å². The summed E-state index contributed by atoms with van der Waals surface area (Å²) < 4.78 is 5.80. The first-order valence-corrected chi connectivity index (χ1v) is 11.1. The van der Waals surface area contributed by atoms with Crippen LogP contribution in [0.15, 0.2) is 53.9 Å². The van der Waals surface area contributed by atoms with E-state index in [0.29, 0.717) is 38.2 Å². The van der Waals surface area contributed by atoms with Crippen LogP contribution in [-0.2, 0) is 17.8 Å². The Morgan fingerprint density at radius 1 is 1.00 bits per heavy atom. The van der Waals surface area contributed by atoms with Crippen molar-refractivity contribution in [3.8, 4) is 5.75 Å². The molecule has 2 aromatic carbocycles. The molecule has 0 fully saturated rings. The van der Waals surface area contributed by atoms with Gasteiger partial charge in [-0.15, -0.1) is 11.3 Å². The molecule has 0 aliphatic rings. The molecule has 6 nitrogen and oxygen atoms in total. The van der Waals surface area contributed by atoms with Crippen LogP contribution in [0, 0.1) is 13.8 Å². The van der Waals surface area contributed by atoms with E-state index in [0.717, 1.165) is 27.4 Å². The number of aryl methyl sites for hydroxylation is 2. The van der Waals surface area contributed by atoms with Crippen molar-refractivity contribution in [1.29, 1.82) is 0 Å². The highest BCUT2D eigenvalue weighted by Gasteiger charge is 2.11. The Morgan fingerprint density at radius 2 is 1.71 bits per heavy atom. The molecule has 162 valence electrons. The molecule has 0 saturated heterocycles. The molecule has 31 heavy (non-hydrogen) atoms. The molecular formula is C24H27N3O3S. The van der Waals surface area contributed by atoms with Gasteiger partial charge in [0, 0.05) is 18.5 Å². The molecule has 1 aromatic heterocycles. The van der Waals surface area contributed by atoms with Crippen molar-refractivity contribution in [2.75, 3.05) is 13.1 Å². The molecule has 0 spiro atoms. The fraction of sp³-hybridized carbons (Fsp3) is 0.292. The van der Waals surface area contributed by atoms with Crippen LogP contribution in [0.4, 0.5) is 0 Å². The molecule has 2 amide bonds. The molecule has 0 atom stereocenters. The topological polar surface area (TPSA) is 80.3 Å². The van der Waals surface area contributed by atoms with Crippen LogP contribution in [-0.4, -0.2) is 29.9 Å². The maximum absolute atomic E-state index is 12.3. The van der Waals surface area contributed by atoms with E-state index in [1.807, 2.05) is 56.3 Å². The van der Waals surface area contributed by atoms with Crippen molar-refractivity contribution >= 4 is 23.2 Å². The maximum Gasteiger partial charge on any atom is 0.270 e. The number of hydrogen-bond donors (Lipinski definition) is 2. The van der Waals surface area contributed by atoms with E-state index in [9.17, 15) is 9.59 Å². The molecule has 0 unspecified atom stereocenters. The Bertz CT molecular complexity index is 998. The Hall–Kier alpha value is -3.19. The number of thiazole rings is 1. The van der Waals surface area contributed by atoms with Crippen LogP contribution in [0.3, 0.4) is 0 Å². The summed E-state index contributed by atoms with van der Waals surface area (Å²) in [7, 11) is 0. The predicted octanol–water partition coefficient (Wildman–Crippen LogP) is 3.82. The normalized spacial score (nSPS) is 10.5. The summed E-state index contributed by atoms with van der Waals surface area (Å²) >= 11 is 1.40. The molecule has 0 aliphatic heterocycles. The SMILES string of the molecule is Cc1cc(C)cc(OCc2nc(C(=O)NCCCNC(=O)Cc3ccccc3)cs2)c1. The number of rotatable bonds is 10. The zero-order chi connectivity index (χ0) is 22.1. The number of amides is 2. The molecule has 1 heterocycles. The highest BCUT2D eigenvalue weighted by molar-refractivity contribution is 7.09. The molecule has 3 rings (SSSR count). The number of nitrogens with one attached hydrogen (secondary N) is 2. The van der Waals surface area contributed by atoms with Gasteiger partial charge >= 0.3 is 0 Å². The summed E-state index contributed by atoms with van der Waals surface area (Å²) in [6, 6.07) is 15.7. The minimum absolute atomic E-state index is 0.0227. The minimum Gasteiger partial charge on any atom is -0.486 e. The second-order valence-electron chi connectivity index (χ2n) is 7.36. The van der Waals surface area contributed by atoms with Crippen LogP contribution in [0.25, 0.3) is 0 Å². The lowest BCUT2D eigenvalue weighted by atomic mass is 10.1. The smallest absolute Gasteiger partial charge is 0.270 e. The van der Waals surface area contributed by atoms with Gasteiger partial charge in [0.25, 0.3) is 5.91 Å². The number of carbonyl (C=O) groups excluding carboxylic acids is 2. The van der Waals surface area contributed by atoms with Crippen molar-refractivity contribution in [2.24, 2.45) is 0 Å². The van der Waals surface area contributed by atoms with Crippen molar-refractivity contribution in [1.82, 2.24) is 15.6 Å². The summed E-state index contributed by atoms with van der Waals surface area (Å²) in [4.78, 5) is 28.5. The van der Waals surface area contributed by atoms with E-state index in [1.165, 1.54) is 11.3 Å². The molecular weight excluding hydrogens is 410 g/mol. The molecule has 0 bridgehead atoms. The number of hydrogen-bond acceptors (Lipinski definition) is 5. The zero-order valence-electron chi connectivity index (χ0n) is 17.8. The lowest BCUT2D eigenvalue weighted by molar-refractivity contribution is -0.120. The van der Waals surface area contributed by atoms with E-state index in [1.54, 1.807) is 5.38 Å². The standard InChI is InChI=1S/C24H27N3O3S/c1-17-11-18(2)13-20(12-17)30-15-23-27-21(16-31-23)24(29)26-10-6-9-25-22(28)14-19-7-4-3-5-8-19/h3-5,7-8,11-13,16H,6,9-10,14-15H2,1-2H3,(H,25,28)(H,26,29). The predicted molar refractivity (Wildman–Crippen MR) is 122 cm³/mol. The van der Waals surface area contributed by atoms with Gasteiger partial charge in [0.2, 0.25) is 5.91 Å². The van der Waals surface area contributed by atoms with E-state index >= 15 is 0 Å². The van der Waals surface area contributed by atoms with Gasteiger partial charge in [-0.05, 0) is 49.1 Å². The van der Waals surface area contributed by atoms with Crippen molar-refractivity contribution in [3.05, 3.63) is 81.3 Å². The van der Waals surface area contributed by atoms with Gasteiger partial charge in [-0.3, -0.25) is 9.59 Å². The van der Waals surface area contributed by atoms with E-state index in [2.05, 4.69) is 21.7 Å². The second kappa shape index (κ2) is 11.3. The fourth-order valence-corrected chi connectivity index (χ4v) is 3.78. The Labute approximate surface area is 186 Å². The van der Waals surface area contributed by atoms with Gasteiger partial charge in [0.1, 0.15) is 23.1 Å². The lowest BCUT2D eigenvalue weighted by Crippen LogP contribution is -2.30. The minimum atomic E-state index is -0.218. The van der Waals surface area contributed by atoms with Crippen molar-refractivity contribution < 1.29 is 14.3 Å². The van der Waals surface area contributed by atoms with Crippen LogP contribution < -0.4 is 15.4 Å². The van der Waals surface area contributed by atoms with Crippen molar-refractivity contribution in [2.45, 2.75) is 33.3 Å². The second-order valence-corrected chi connectivity index (χ2v) is 8.30. The molecule has 2 N–H and O–H groups in total. The quantitative estimate of drug-likeness (QED) is 0.473. The number of aromatic nitrogens is 1. The third-order valence-corrected chi connectivity index (χ3v) is 5.33. The van der Waals surface area contributed by atoms with Gasteiger partial charge in [0.05, 0.1) is 6.42 Å². The van der Waals surface area contributed by atoms with Gasteiger partial charge in [0.15, 0.2) is 0 Å². The maximum atomic E-state index is 12.3. The molecule has 3 aromatic rings. The number of benzene rings is 2. The first kappa shape index (κ1) is 22.5. The average molecular weight is 438 g/mol. The molecule has 7 heteroatoms. The average Bonchev–Trinajstić information content (AvgIpc) is 3.21. The summed E-state index contributed by atoms with van der Waals surface area (Å²) in [5.41, 5.74) is 3.65. The van der Waals surface area contributed by atoms with Gasteiger partial charge in [-0.2, -0.15) is 0 Å².